The van der Waals surface area contributed by atoms with E-state index in [-0.39, 0.29) is 44.2 Å². The van der Waals surface area contributed by atoms with Crippen LogP contribution in [0, 0.1) is 0 Å². The number of anilines is 1. The lowest BCUT2D eigenvalue weighted by Gasteiger charge is -2.35. The van der Waals surface area contributed by atoms with Crippen molar-refractivity contribution in [3.8, 4) is 0 Å². The van der Waals surface area contributed by atoms with E-state index in [4.69, 9.17) is 4.84 Å². The van der Waals surface area contributed by atoms with Gasteiger partial charge >= 0.3 is 6.18 Å². The topological polar surface area (TPSA) is 94.2 Å². The first-order chi connectivity index (χ1) is 16.8. The van der Waals surface area contributed by atoms with Gasteiger partial charge in [0.05, 0.1) is 29.4 Å². The first-order valence-corrected chi connectivity index (χ1v) is 10.7. The second kappa shape index (κ2) is 9.95. The third-order valence-electron chi connectivity index (χ3n) is 5.58. The predicted octanol–water partition coefficient (Wildman–Crippen LogP) is 2.15. The summed E-state index contributed by atoms with van der Waals surface area (Å²) in [5, 5.41) is 3.87. The van der Waals surface area contributed by atoms with Crippen molar-refractivity contribution in [1.29, 1.82) is 0 Å². The van der Waals surface area contributed by atoms with Crippen LogP contribution < -0.4 is 15.9 Å². The highest BCUT2D eigenvalue weighted by molar-refractivity contribution is 6.01. The Hall–Kier alpha value is -4.22. The summed E-state index contributed by atoms with van der Waals surface area (Å²) in [7, 11) is 0. The lowest BCUT2D eigenvalue weighted by molar-refractivity contribution is -0.138. The third-order valence-corrected chi connectivity index (χ3v) is 5.58. The number of para-hydroxylation sites is 1. The fraction of sp³-hybridized carbons (Fsp3) is 0.261. The fourth-order valence-corrected chi connectivity index (χ4v) is 3.80. The zero-order chi connectivity index (χ0) is 25.0. The van der Waals surface area contributed by atoms with Gasteiger partial charge in [0.1, 0.15) is 11.9 Å². The minimum atomic E-state index is -4.64. The van der Waals surface area contributed by atoms with Gasteiger partial charge in [-0.2, -0.15) is 13.2 Å². The molecule has 1 saturated heterocycles. The summed E-state index contributed by atoms with van der Waals surface area (Å²) < 4.78 is 39.8. The summed E-state index contributed by atoms with van der Waals surface area (Å²) in [6, 6.07) is 11.3. The molecule has 12 heteroatoms. The van der Waals surface area contributed by atoms with Gasteiger partial charge in [0.25, 0.3) is 11.8 Å². The number of carbonyl (C=O) groups excluding carboxylic acids is 3. The maximum atomic E-state index is 13.3. The van der Waals surface area contributed by atoms with E-state index >= 15 is 0 Å². The molecule has 0 radical (unpaired) electrons. The van der Waals surface area contributed by atoms with Crippen molar-refractivity contribution in [2.45, 2.75) is 6.18 Å². The van der Waals surface area contributed by atoms with Crippen LogP contribution in [0.2, 0.25) is 0 Å². The van der Waals surface area contributed by atoms with Crippen LogP contribution in [0.4, 0.5) is 18.9 Å². The first kappa shape index (κ1) is 23.9. The molecule has 184 valence electrons. The molecule has 0 atom stereocenters. The average Bonchev–Trinajstić information content (AvgIpc) is 3.41. The van der Waals surface area contributed by atoms with Gasteiger partial charge in [0.15, 0.2) is 0 Å². The Bertz CT molecular complexity index is 1140. The predicted molar refractivity (Wildman–Crippen MR) is 119 cm³/mol. The van der Waals surface area contributed by atoms with Crippen molar-refractivity contribution < 1.29 is 32.4 Å². The number of nitrogens with zero attached hydrogens (tertiary/aromatic N) is 3. The third kappa shape index (κ3) is 5.31. The number of carbonyl (C=O) groups is 3. The Labute approximate surface area is 198 Å². The normalized spacial score (nSPS) is 15.5. The largest absolute Gasteiger partial charge is 0.417 e. The number of hydrogen-bond acceptors (Lipinski definition) is 6. The highest BCUT2D eigenvalue weighted by Gasteiger charge is 2.36. The van der Waals surface area contributed by atoms with Crippen LogP contribution in [0.1, 0.15) is 26.3 Å². The molecule has 0 unspecified atom stereocenters. The number of hydrazine groups is 1. The molecular weight excluding hydrogens is 467 g/mol. The summed E-state index contributed by atoms with van der Waals surface area (Å²) in [6.45, 7) is 0.173. The Morgan fingerprint density at radius 2 is 1.54 bits per heavy atom. The Balaban J connectivity index is 1.31. The number of amides is 3. The molecule has 0 aromatic heterocycles. The Morgan fingerprint density at radius 3 is 2.20 bits per heavy atom. The van der Waals surface area contributed by atoms with E-state index in [0.717, 1.165) is 12.1 Å². The van der Waals surface area contributed by atoms with E-state index in [9.17, 15) is 27.6 Å². The molecule has 0 saturated carbocycles. The van der Waals surface area contributed by atoms with Gasteiger partial charge in [-0.05, 0) is 24.3 Å². The van der Waals surface area contributed by atoms with E-state index in [2.05, 4.69) is 10.7 Å². The minimum Gasteiger partial charge on any atom is -0.366 e. The standard InChI is InChI=1S/C23H22F3N5O4/c24-23(25,26)18-7-3-1-5-16(18)22(34)30-12-10-29(11-13-30)20(32)15-27-21(33)17-6-2-4-8-19(17)31-28-9-14-35-31/h1-9,14,28H,10-13,15H2,(H,27,33). The van der Waals surface area contributed by atoms with Crippen LogP contribution in [-0.2, 0) is 15.8 Å². The molecule has 2 N–H and O–H groups in total. The van der Waals surface area contributed by atoms with Crippen LogP contribution in [0.15, 0.2) is 61.0 Å². The van der Waals surface area contributed by atoms with Crippen LogP contribution in [0.3, 0.4) is 0 Å². The van der Waals surface area contributed by atoms with Crippen molar-refractivity contribution in [1.82, 2.24) is 20.5 Å². The molecule has 35 heavy (non-hydrogen) atoms. The molecule has 4 rings (SSSR count). The summed E-state index contributed by atoms with van der Waals surface area (Å²) in [6.07, 6.45) is -1.69. The van der Waals surface area contributed by atoms with Gasteiger partial charge in [-0.1, -0.05) is 24.3 Å². The molecule has 0 bridgehead atoms. The molecule has 9 nitrogen and oxygen atoms in total. The first-order valence-electron chi connectivity index (χ1n) is 10.7. The molecule has 2 aromatic rings. The van der Waals surface area contributed by atoms with Gasteiger partial charge in [-0.25, -0.2) is 0 Å². The van der Waals surface area contributed by atoms with Gasteiger partial charge in [0.2, 0.25) is 5.91 Å². The number of alkyl halides is 3. The highest BCUT2D eigenvalue weighted by atomic mass is 19.4. The molecule has 2 aliphatic rings. The molecule has 2 aromatic carbocycles. The molecule has 0 aliphatic carbocycles. The second-order valence-corrected chi connectivity index (χ2v) is 7.75. The number of hydrogen-bond donors (Lipinski definition) is 2. The van der Waals surface area contributed by atoms with Crippen LogP contribution in [-0.4, -0.2) is 60.2 Å². The van der Waals surface area contributed by atoms with E-state index in [0.29, 0.717) is 5.69 Å². The van der Waals surface area contributed by atoms with Crippen molar-refractivity contribution in [2.24, 2.45) is 0 Å². The van der Waals surface area contributed by atoms with Crippen molar-refractivity contribution in [2.75, 3.05) is 37.9 Å². The summed E-state index contributed by atoms with van der Waals surface area (Å²) in [5.74, 6) is -1.58. The van der Waals surface area contributed by atoms with Crippen molar-refractivity contribution in [3.05, 3.63) is 77.7 Å². The SMILES string of the molecule is O=C(NCC(=O)N1CCN(C(=O)c2ccccc2C(F)(F)F)CC1)c1ccccc1N1NC=CO1. The van der Waals surface area contributed by atoms with Crippen LogP contribution >= 0.6 is 0 Å². The summed E-state index contributed by atoms with van der Waals surface area (Å²) in [5.41, 5.74) is 2.13. The molecule has 2 aliphatic heterocycles. The minimum absolute atomic E-state index is 0.0819. The van der Waals surface area contributed by atoms with Crippen LogP contribution in [0.25, 0.3) is 0 Å². The Kier molecular flexibility index (Phi) is 6.80. The maximum absolute atomic E-state index is 13.3. The molecule has 1 fully saturated rings. The quantitative estimate of drug-likeness (QED) is 0.669. The van der Waals surface area contributed by atoms with E-state index < -0.39 is 29.1 Å². The summed E-state index contributed by atoms with van der Waals surface area (Å²) in [4.78, 5) is 46.0. The van der Waals surface area contributed by atoms with E-state index in [1.165, 1.54) is 33.4 Å². The van der Waals surface area contributed by atoms with E-state index in [1.807, 2.05) is 0 Å². The highest BCUT2D eigenvalue weighted by Crippen LogP contribution is 2.32. The maximum Gasteiger partial charge on any atom is 0.417 e. The van der Waals surface area contributed by atoms with Gasteiger partial charge in [0, 0.05) is 26.2 Å². The Morgan fingerprint density at radius 1 is 0.914 bits per heavy atom. The molecular formula is C23H22F3N5O4. The van der Waals surface area contributed by atoms with Gasteiger partial charge in [-0.15, -0.1) is 5.17 Å². The molecule has 3 amide bonds. The number of halogens is 3. The molecule has 2 heterocycles. The monoisotopic (exact) mass is 489 g/mol. The molecule has 0 spiro atoms. The van der Waals surface area contributed by atoms with Gasteiger partial charge in [-0.3, -0.25) is 19.8 Å². The summed E-state index contributed by atoms with van der Waals surface area (Å²) >= 11 is 0. The fourth-order valence-electron chi connectivity index (χ4n) is 3.80. The van der Waals surface area contributed by atoms with E-state index in [1.54, 1.807) is 30.5 Å². The number of piperazine rings is 1. The van der Waals surface area contributed by atoms with Crippen LogP contribution in [0.5, 0.6) is 0 Å². The average molecular weight is 489 g/mol. The lowest BCUT2D eigenvalue weighted by atomic mass is 10.1. The smallest absolute Gasteiger partial charge is 0.366 e. The second-order valence-electron chi connectivity index (χ2n) is 7.75. The van der Waals surface area contributed by atoms with Crippen molar-refractivity contribution >= 4 is 23.4 Å². The number of benzene rings is 2. The zero-order valence-corrected chi connectivity index (χ0v) is 18.4. The van der Waals surface area contributed by atoms with Crippen molar-refractivity contribution in [3.63, 3.8) is 0 Å². The van der Waals surface area contributed by atoms with Gasteiger partial charge < -0.3 is 20.0 Å². The number of rotatable bonds is 5. The number of nitrogens with one attached hydrogen (secondary N) is 2. The zero-order valence-electron chi connectivity index (χ0n) is 18.4. The lowest BCUT2D eigenvalue weighted by Crippen LogP contribution is -2.52.